The van der Waals surface area contributed by atoms with Crippen molar-refractivity contribution >= 4 is 22.3 Å². The van der Waals surface area contributed by atoms with Crippen LogP contribution in [0.2, 0.25) is 0 Å². The number of benzene rings is 2. The van der Waals surface area contributed by atoms with Gasteiger partial charge in [0, 0.05) is 11.6 Å². The van der Waals surface area contributed by atoms with E-state index in [1.54, 1.807) is 29.1 Å². The van der Waals surface area contributed by atoms with Gasteiger partial charge in [-0.1, -0.05) is 42.5 Å². The summed E-state index contributed by atoms with van der Waals surface area (Å²) in [7, 11) is 0. The van der Waals surface area contributed by atoms with Crippen LogP contribution in [0.25, 0.3) is 10.8 Å². The highest BCUT2D eigenvalue weighted by Crippen LogP contribution is 2.18. The van der Waals surface area contributed by atoms with Gasteiger partial charge >= 0.3 is 0 Å². The molecule has 0 fully saturated rings. The number of carbonyl (C=O) groups is 2. The first-order valence-corrected chi connectivity index (χ1v) is 7.42. The lowest BCUT2D eigenvalue weighted by Gasteiger charge is -2.04. The van der Waals surface area contributed by atoms with E-state index in [1.807, 2.05) is 42.5 Å². The van der Waals surface area contributed by atoms with Crippen LogP contribution in [0.15, 0.2) is 67.0 Å². The SMILES string of the molecule is NCC(=O)c1ccc[n+](CC(=O)c2cccc3ccccc23)c1. The number of ketones is 2. The van der Waals surface area contributed by atoms with Crippen molar-refractivity contribution in [1.82, 2.24) is 0 Å². The van der Waals surface area contributed by atoms with Crippen molar-refractivity contribution in [2.75, 3.05) is 6.54 Å². The lowest BCUT2D eigenvalue weighted by molar-refractivity contribution is -0.683. The summed E-state index contributed by atoms with van der Waals surface area (Å²) in [5.74, 6) is -0.138. The Labute approximate surface area is 134 Å². The van der Waals surface area contributed by atoms with E-state index in [0.717, 1.165) is 10.8 Å². The fraction of sp³-hybridized carbons (Fsp3) is 0.105. The summed E-state index contributed by atoms with van der Waals surface area (Å²) in [6.07, 6.45) is 3.44. The van der Waals surface area contributed by atoms with Crippen LogP contribution in [0.4, 0.5) is 0 Å². The van der Waals surface area contributed by atoms with Gasteiger partial charge in [0.1, 0.15) is 0 Å². The highest BCUT2D eigenvalue weighted by molar-refractivity contribution is 6.07. The number of Topliss-reactive ketones (excluding diaryl/α,β-unsaturated/α-hetero) is 2. The van der Waals surface area contributed by atoms with Crippen LogP contribution >= 0.6 is 0 Å². The first-order valence-electron chi connectivity index (χ1n) is 7.42. The van der Waals surface area contributed by atoms with Crippen LogP contribution in [-0.4, -0.2) is 18.1 Å². The zero-order valence-electron chi connectivity index (χ0n) is 12.6. The normalized spacial score (nSPS) is 10.7. The molecular weight excluding hydrogens is 288 g/mol. The van der Waals surface area contributed by atoms with Gasteiger partial charge in [-0.15, -0.1) is 0 Å². The molecule has 0 spiro atoms. The lowest BCUT2D eigenvalue weighted by Crippen LogP contribution is -2.38. The molecule has 0 amide bonds. The third-order valence-corrected chi connectivity index (χ3v) is 3.78. The molecule has 0 unspecified atom stereocenters. The number of nitrogens with two attached hydrogens (primary N) is 1. The molecule has 4 nitrogen and oxygen atoms in total. The fourth-order valence-electron chi connectivity index (χ4n) is 2.62. The second-order valence-electron chi connectivity index (χ2n) is 5.34. The summed E-state index contributed by atoms with van der Waals surface area (Å²) in [6, 6.07) is 17.0. The molecule has 3 aromatic rings. The maximum absolute atomic E-state index is 12.6. The predicted molar refractivity (Wildman–Crippen MR) is 88.3 cm³/mol. The first kappa shape index (κ1) is 15.1. The highest BCUT2D eigenvalue weighted by Gasteiger charge is 2.16. The Morgan fingerprint density at radius 3 is 2.52 bits per heavy atom. The Hall–Kier alpha value is -2.85. The molecule has 2 aromatic carbocycles. The van der Waals surface area contributed by atoms with E-state index >= 15 is 0 Å². The van der Waals surface area contributed by atoms with Crippen LogP contribution in [0.1, 0.15) is 20.7 Å². The van der Waals surface area contributed by atoms with Crippen LogP contribution in [0.3, 0.4) is 0 Å². The van der Waals surface area contributed by atoms with E-state index in [-0.39, 0.29) is 24.7 Å². The van der Waals surface area contributed by atoms with E-state index in [0.29, 0.717) is 11.1 Å². The molecule has 2 N–H and O–H groups in total. The average molecular weight is 305 g/mol. The van der Waals surface area contributed by atoms with Crippen molar-refractivity contribution in [3.8, 4) is 0 Å². The highest BCUT2D eigenvalue weighted by atomic mass is 16.1. The monoisotopic (exact) mass is 305 g/mol. The first-order chi connectivity index (χ1) is 11.2. The minimum absolute atomic E-state index is 0.00384. The molecule has 3 rings (SSSR count). The summed E-state index contributed by atoms with van der Waals surface area (Å²) in [5, 5.41) is 1.98. The van der Waals surface area contributed by atoms with Gasteiger partial charge in [-0.2, -0.15) is 4.57 Å². The molecule has 4 heteroatoms. The van der Waals surface area contributed by atoms with Gasteiger partial charge in [0.05, 0.1) is 12.1 Å². The number of pyridine rings is 1. The van der Waals surface area contributed by atoms with Gasteiger partial charge in [0.2, 0.25) is 12.3 Å². The largest absolute Gasteiger partial charge is 0.324 e. The Balaban J connectivity index is 1.91. The zero-order chi connectivity index (χ0) is 16.2. The van der Waals surface area contributed by atoms with Crippen LogP contribution in [0.5, 0.6) is 0 Å². The topological polar surface area (TPSA) is 64.0 Å². The number of hydrogen-bond acceptors (Lipinski definition) is 3. The van der Waals surface area contributed by atoms with Gasteiger partial charge < -0.3 is 5.73 Å². The number of rotatable bonds is 5. The number of carbonyl (C=O) groups excluding carboxylic acids is 2. The molecule has 0 aliphatic carbocycles. The molecule has 0 radical (unpaired) electrons. The molecule has 1 aromatic heterocycles. The molecule has 114 valence electrons. The van der Waals surface area contributed by atoms with Crippen LogP contribution in [0, 0.1) is 0 Å². The van der Waals surface area contributed by atoms with E-state index in [4.69, 9.17) is 5.73 Å². The maximum atomic E-state index is 12.6. The summed E-state index contributed by atoms with van der Waals surface area (Å²) >= 11 is 0. The molecule has 0 saturated heterocycles. The number of nitrogens with zero attached hydrogens (tertiary/aromatic N) is 1. The molecule has 0 bridgehead atoms. The smallest absolute Gasteiger partial charge is 0.228 e. The standard InChI is InChI=1S/C19H17N2O2/c20-11-18(22)15-7-4-10-21(12-15)13-19(23)17-9-3-6-14-5-1-2-8-16(14)17/h1-10,12H,11,13,20H2/q+1. The Morgan fingerprint density at radius 1 is 0.913 bits per heavy atom. The van der Waals surface area contributed by atoms with Gasteiger partial charge in [0.25, 0.3) is 0 Å². The van der Waals surface area contributed by atoms with E-state index in [2.05, 4.69) is 0 Å². The van der Waals surface area contributed by atoms with Gasteiger partial charge in [0.15, 0.2) is 18.2 Å². The summed E-state index contributed by atoms with van der Waals surface area (Å²) < 4.78 is 1.72. The van der Waals surface area contributed by atoms with Crippen molar-refractivity contribution in [2.24, 2.45) is 5.73 Å². The van der Waals surface area contributed by atoms with Crippen molar-refractivity contribution in [3.05, 3.63) is 78.1 Å². The average Bonchev–Trinajstić information content (AvgIpc) is 2.60. The van der Waals surface area contributed by atoms with Crippen LogP contribution < -0.4 is 10.3 Å². The van der Waals surface area contributed by atoms with Gasteiger partial charge in [-0.3, -0.25) is 9.59 Å². The molecular formula is C19H17N2O2+. The van der Waals surface area contributed by atoms with Crippen molar-refractivity contribution in [2.45, 2.75) is 6.54 Å². The third-order valence-electron chi connectivity index (χ3n) is 3.78. The molecule has 23 heavy (non-hydrogen) atoms. The minimum atomic E-state index is -0.142. The third kappa shape index (κ3) is 3.17. The molecule has 0 atom stereocenters. The molecule has 0 aliphatic heterocycles. The van der Waals surface area contributed by atoms with Gasteiger partial charge in [-0.25, -0.2) is 0 Å². The second-order valence-corrected chi connectivity index (χ2v) is 5.34. The van der Waals surface area contributed by atoms with Crippen LogP contribution in [-0.2, 0) is 6.54 Å². The van der Waals surface area contributed by atoms with Crippen molar-refractivity contribution < 1.29 is 14.2 Å². The van der Waals surface area contributed by atoms with E-state index in [9.17, 15) is 9.59 Å². The Bertz CT molecular complexity index is 882. The lowest BCUT2D eigenvalue weighted by atomic mass is 10.0. The van der Waals surface area contributed by atoms with E-state index in [1.165, 1.54) is 0 Å². The van der Waals surface area contributed by atoms with Crippen molar-refractivity contribution in [3.63, 3.8) is 0 Å². The summed E-state index contributed by atoms with van der Waals surface area (Å²) in [5.41, 5.74) is 6.58. The summed E-state index contributed by atoms with van der Waals surface area (Å²) in [4.78, 5) is 24.3. The predicted octanol–water partition coefficient (Wildman–Crippen LogP) is 2.15. The molecule has 0 saturated carbocycles. The minimum Gasteiger partial charge on any atom is -0.324 e. The Kier molecular flexibility index (Phi) is 4.26. The molecule has 1 heterocycles. The number of fused-ring (bicyclic) bond motifs is 1. The van der Waals surface area contributed by atoms with Gasteiger partial charge in [-0.05, 0) is 16.8 Å². The maximum Gasteiger partial charge on any atom is 0.228 e. The number of hydrogen-bond donors (Lipinski definition) is 1. The van der Waals surface area contributed by atoms with Crippen molar-refractivity contribution in [1.29, 1.82) is 0 Å². The Morgan fingerprint density at radius 2 is 1.70 bits per heavy atom. The fourth-order valence-corrected chi connectivity index (χ4v) is 2.62. The van der Waals surface area contributed by atoms with E-state index < -0.39 is 0 Å². The number of aromatic nitrogens is 1. The second kappa shape index (κ2) is 6.50. The molecule has 0 aliphatic rings. The summed E-state index contributed by atoms with van der Waals surface area (Å²) in [6.45, 7) is 0.140. The quantitative estimate of drug-likeness (QED) is 0.580. The zero-order valence-corrected chi connectivity index (χ0v) is 12.6.